The smallest absolute Gasteiger partial charge is 0.193 e. The number of hydrogen-bond donors (Lipinski definition) is 1. The van der Waals surface area contributed by atoms with Crippen molar-refractivity contribution < 1.29 is 4.42 Å². The van der Waals surface area contributed by atoms with Crippen LogP contribution in [-0.4, -0.2) is 73.6 Å². The van der Waals surface area contributed by atoms with Crippen LogP contribution in [0.5, 0.6) is 0 Å². The number of nitrogens with zero attached hydrogens (tertiary/aromatic N) is 5. The van der Waals surface area contributed by atoms with Crippen LogP contribution in [0, 0.1) is 0 Å². The van der Waals surface area contributed by atoms with Gasteiger partial charge in [-0.25, -0.2) is 4.98 Å². The summed E-state index contributed by atoms with van der Waals surface area (Å²) in [4.78, 5) is 16.3. The minimum Gasteiger partial charge on any atom is -0.468 e. The molecule has 1 N–H and O–H groups in total. The van der Waals surface area contributed by atoms with Crippen molar-refractivity contribution in [2.75, 3.05) is 57.8 Å². The number of likely N-dealkylation sites (tertiary alicyclic amines) is 1. The van der Waals surface area contributed by atoms with Gasteiger partial charge in [-0.15, -0.1) is 24.0 Å². The van der Waals surface area contributed by atoms with E-state index in [1.54, 1.807) is 6.26 Å². The van der Waals surface area contributed by atoms with E-state index in [0.29, 0.717) is 0 Å². The van der Waals surface area contributed by atoms with Crippen LogP contribution in [0.15, 0.2) is 52.2 Å². The summed E-state index contributed by atoms with van der Waals surface area (Å²) in [7, 11) is 1.87. The van der Waals surface area contributed by atoms with Gasteiger partial charge in [0.25, 0.3) is 0 Å². The standard InChI is InChI=1S/C22H32N6O.HI/c1-23-22(28-15-13-27(14-16-28)21-9-3-4-10-24-21)25-18-19(20-8-7-17-29-20)26-11-5-2-6-12-26;/h3-4,7-10,17,19H,2,5-6,11-16,18H2,1H3,(H,23,25);1H. The molecule has 1 unspecified atom stereocenters. The second kappa shape index (κ2) is 11.5. The normalized spacial score (nSPS) is 19.3. The SMILES string of the molecule is CN=C(NCC(c1ccco1)N1CCCCC1)N1CCN(c2ccccn2)CC1.I. The van der Waals surface area contributed by atoms with Crippen LogP contribution in [0.4, 0.5) is 5.82 Å². The van der Waals surface area contributed by atoms with Crippen LogP contribution in [0.3, 0.4) is 0 Å². The van der Waals surface area contributed by atoms with Gasteiger partial charge in [0.05, 0.1) is 12.3 Å². The summed E-state index contributed by atoms with van der Waals surface area (Å²) in [5.41, 5.74) is 0. The lowest BCUT2D eigenvalue weighted by atomic mass is 10.1. The molecule has 0 saturated carbocycles. The quantitative estimate of drug-likeness (QED) is 0.369. The number of halogens is 1. The van der Waals surface area contributed by atoms with E-state index >= 15 is 0 Å². The highest BCUT2D eigenvalue weighted by Crippen LogP contribution is 2.24. The second-order valence-corrected chi connectivity index (χ2v) is 7.72. The van der Waals surface area contributed by atoms with Gasteiger partial charge in [-0.1, -0.05) is 12.5 Å². The van der Waals surface area contributed by atoms with Crippen molar-refractivity contribution in [3.05, 3.63) is 48.6 Å². The Hall–Kier alpha value is -1.81. The molecule has 0 radical (unpaired) electrons. The van der Waals surface area contributed by atoms with E-state index in [9.17, 15) is 0 Å². The zero-order chi connectivity index (χ0) is 19.9. The fourth-order valence-electron chi connectivity index (χ4n) is 4.33. The molecular weight excluding hydrogens is 491 g/mol. The molecule has 4 rings (SSSR count). The summed E-state index contributed by atoms with van der Waals surface area (Å²) in [6.07, 6.45) is 7.50. The lowest BCUT2D eigenvalue weighted by Gasteiger charge is -2.38. The van der Waals surface area contributed by atoms with Crippen molar-refractivity contribution in [1.82, 2.24) is 20.1 Å². The van der Waals surface area contributed by atoms with Gasteiger partial charge >= 0.3 is 0 Å². The molecule has 0 spiro atoms. The highest BCUT2D eigenvalue weighted by Gasteiger charge is 2.26. The maximum atomic E-state index is 5.77. The van der Waals surface area contributed by atoms with Gasteiger partial charge in [-0.2, -0.15) is 0 Å². The molecule has 7 nitrogen and oxygen atoms in total. The molecule has 2 saturated heterocycles. The first-order chi connectivity index (χ1) is 14.3. The van der Waals surface area contributed by atoms with Crippen molar-refractivity contribution in [3.8, 4) is 0 Å². The van der Waals surface area contributed by atoms with E-state index in [4.69, 9.17) is 4.42 Å². The third kappa shape index (κ3) is 5.66. The Kier molecular flexibility index (Phi) is 8.80. The number of piperazine rings is 1. The number of aromatic nitrogens is 1. The molecule has 0 bridgehead atoms. The Morgan fingerprint density at radius 1 is 1.07 bits per heavy atom. The molecule has 2 aromatic rings. The van der Waals surface area contributed by atoms with Crippen LogP contribution < -0.4 is 10.2 Å². The first-order valence-electron chi connectivity index (χ1n) is 10.7. The van der Waals surface area contributed by atoms with Crippen LogP contribution in [0.1, 0.15) is 31.1 Å². The van der Waals surface area contributed by atoms with Crippen LogP contribution in [-0.2, 0) is 0 Å². The van der Waals surface area contributed by atoms with Crippen molar-refractivity contribution in [2.24, 2.45) is 4.99 Å². The van der Waals surface area contributed by atoms with Gasteiger partial charge in [-0.3, -0.25) is 9.89 Å². The fourth-order valence-corrected chi connectivity index (χ4v) is 4.33. The molecular formula is C22H33IN6O. The lowest BCUT2D eigenvalue weighted by Crippen LogP contribution is -2.53. The average Bonchev–Trinajstić information content (AvgIpc) is 3.33. The molecule has 0 amide bonds. The maximum Gasteiger partial charge on any atom is 0.193 e. The molecule has 30 heavy (non-hydrogen) atoms. The fraction of sp³-hybridized carbons (Fsp3) is 0.545. The predicted octanol–water partition coefficient (Wildman–Crippen LogP) is 3.22. The Morgan fingerprint density at radius 2 is 1.87 bits per heavy atom. The van der Waals surface area contributed by atoms with E-state index in [0.717, 1.165) is 63.4 Å². The summed E-state index contributed by atoms with van der Waals surface area (Å²) < 4.78 is 5.77. The number of piperidine rings is 1. The first kappa shape index (κ1) is 22.9. The van der Waals surface area contributed by atoms with Crippen LogP contribution >= 0.6 is 24.0 Å². The third-order valence-electron chi connectivity index (χ3n) is 5.92. The van der Waals surface area contributed by atoms with Crippen LogP contribution in [0.25, 0.3) is 0 Å². The van der Waals surface area contributed by atoms with E-state index < -0.39 is 0 Å². The number of hydrogen-bond acceptors (Lipinski definition) is 5. The van der Waals surface area contributed by atoms with Gasteiger partial charge in [0.2, 0.25) is 0 Å². The Balaban J connectivity index is 0.00000256. The zero-order valence-electron chi connectivity index (χ0n) is 17.7. The first-order valence-corrected chi connectivity index (χ1v) is 10.7. The summed E-state index contributed by atoms with van der Waals surface area (Å²) in [6.45, 7) is 6.84. The summed E-state index contributed by atoms with van der Waals surface area (Å²) in [5.74, 6) is 3.06. The number of nitrogens with one attached hydrogen (secondary N) is 1. The summed E-state index contributed by atoms with van der Waals surface area (Å²) >= 11 is 0. The molecule has 8 heteroatoms. The van der Waals surface area contributed by atoms with Gasteiger partial charge in [-0.05, 0) is 50.2 Å². The molecule has 0 aliphatic carbocycles. The number of rotatable bonds is 5. The maximum absolute atomic E-state index is 5.77. The monoisotopic (exact) mass is 524 g/mol. The number of aliphatic imine (C=N–C) groups is 1. The number of furan rings is 1. The third-order valence-corrected chi connectivity index (χ3v) is 5.92. The minimum atomic E-state index is 0. The van der Waals surface area contributed by atoms with E-state index in [-0.39, 0.29) is 30.0 Å². The Labute approximate surface area is 196 Å². The van der Waals surface area contributed by atoms with Crippen molar-refractivity contribution in [1.29, 1.82) is 0 Å². The topological polar surface area (TPSA) is 60.1 Å². The second-order valence-electron chi connectivity index (χ2n) is 7.72. The van der Waals surface area contributed by atoms with Crippen molar-refractivity contribution in [2.45, 2.75) is 25.3 Å². The molecule has 2 aliphatic heterocycles. The molecule has 2 fully saturated rings. The summed E-state index contributed by atoms with van der Waals surface area (Å²) in [5, 5.41) is 3.62. The van der Waals surface area contributed by atoms with Crippen LogP contribution in [0.2, 0.25) is 0 Å². The molecule has 2 aromatic heterocycles. The number of anilines is 1. The van der Waals surface area contributed by atoms with E-state index in [1.165, 1.54) is 19.3 Å². The largest absolute Gasteiger partial charge is 0.468 e. The molecule has 4 heterocycles. The highest BCUT2D eigenvalue weighted by molar-refractivity contribution is 14.0. The van der Waals surface area contributed by atoms with Gasteiger partial charge in [0.15, 0.2) is 5.96 Å². The number of pyridine rings is 1. The van der Waals surface area contributed by atoms with Gasteiger partial charge in [0, 0.05) is 46.0 Å². The van der Waals surface area contributed by atoms with Gasteiger partial charge < -0.3 is 19.5 Å². The van der Waals surface area contributed by atoms with E-state index in [1.807, 2.05) is 31.4 Å². The molecule has 2 aliphatic rings. The summed E-state index contributed by atoms with van der Waals surface area (Å²) in [6, 6.07) is 10.4. The lowest BCUT2D eigenvalue weighted by molar-refractivity contribution is 0.145. The average molecular weight is 524 g/mol. The molecule has 164 valence electrons. The van der Waals surface area contributed by atoms with Crippen molar-refractivity contribution in [3.63, 3.8) is 0 Å². The minimum absolute atomic E-state index is 0. The van der Waals surface area contributed by atoms with Gasteiger partial charge in [0.1, 0.15) is 11.6 Å². The molecule has 1 atom stereocenters. The van der Waals surface area contributed by atoms with Crippen molar-refractivity contribution >= 4 is 35.8 Å². The Bertz CT molecular complexity index is 755. The Morgan fingerprint density at radius 3 is 2.50 bits per heavy atom. The highest BCUT2D eigenvalue weighted by atomic mass is 127. The number of guanidine groups is 1. The van der Waals surface area contributed by atoms with E-state index in [2.05, 4.69) is 42.1 Å². The zero-order valence-corrected chi connectivity index (χ0v) is 20.1. The molecule has 0 aromatic carbocycles. The predicted molar refractivity (Wildman–Crippen MR) is 132 cm³/mol.